The molecule has 0 radical (unpaired) electrons. The molecule has 1 atom stereocenters. The number of anilines is 3. The average Bonchev–Trinajstić information content (AvgIpc) is 3.55. The van der Waals surface area contributed by atoms with Gasteiger partial charge in [-0.05, 0) is 66.6 Å². The van der Waals surface area contributed by atoms with Crippen molar-refractivity contribution >= 4 is 22.7 Å². The summed E-state index contributed by atoms with van der Waals surface area (Å²) < 4.78 is 10.4. The molecule has 0 bridgehead atoms. The fourth-order valence-electron chi connectivity index (χ4n) is 7.79. The van der Waals surface area contributed by atoms with Crippen molar-refractivity contribution in [2.75, 3.05) is 43.1 Å². The van der Waals surface area contributed by atoms with Crippen LogP contribution in [-0.4, -0.2) is 78.4 Å². The first kappa shape index (κ1) is 31.5. The Balaban J connectivity index is 1.07. The zero-order chi connectivity index (χ0) is 34.0. The van der Waals surface area contributed by atoms with E-state index in [1.54, 1.807) is 37.8 Å². The van der Waals surface area contributed by atoms with Gasteiger partial charge in [0.2, 0.25) is 0 Å². The van der Waals surface area contributed by atoms with Crippen LogP contribution < -0.4 is 21.3 Å². The number of aromatic nitrogens is 5. The average molecular weight is 663 g/mol. The lowest BCUT2D eigenvalue weighted by Gasteiger charge is -2.46. The number of aliphatic hydroxyl groups excluding tert-OH is 1. The van der Waals surface area contributed by atoms with E-state index >= 15 is 0 Å². The fraction of sp³-hybridized carbons (Fsp3) is 0.405. The molecule has 0 amide bonds. The number of hydrogen-bond acceptors (Lipinski definition) is 9. The molecule has 0 aromatic carbocycles. The molecule has 12 heteroatoms. The fourth-order valence-corrected chi connectivity index (χ4v) is 7.79. The highest BCUT2D eigenvalue weighted by Gasteiger charge is 2.33. The molecule has 3 aliphatic rings. The minimum Gasteiger partial charge on any atom is -0.392 e. The maximum atomic E-state index is 13.8. The van der Waals surface area contributed by atoms with Gasteiger partial charge < -0.3 is 29.0 Å². The van der Waals surface area contributed by atoms with Crippen LogP contribution in [0.15, 0.2) is 70.9 Å². The van der Waals surface area contributed by atoms with Gasteiger partial charge in [0.25, 0.3) is 11.1 Å². The van der Waals surface area contributed by atoms with E-state index in [0.29, 0.717) is 51.6 Å². The predicted molar refractivity (Wildman–Crippen MR) is 189 cm³/mol. The van der Waals surface area contributed by atoms with Gasteiger partial charge in [0, 0.05) is 74.3 Å². The number of ether oxygens (including phenoxy) is 1. The second-order valence-electron chi connectivity index (χ2n) is 14.5. The minimum absolute atomic E-state index is 0.170. The van der Waals surface area contributed by atoms with Crippen molar-refractivity contribution in [2.24, 2.45) is 12.5 Å². The second-order valence-corrected chi connectivity index (χ2v) is 14.5. The number of piperazine rings is 1. The Bertz CT molecular complexity index is 2180. The molecule has 7 heterocycles. The van der Waals surface area contributed by atoms with Crippen LogP contribution in [-0.2, 0) is 31.2 Å². The molecule has 49 heavy (non-hydrogen) atoms. The second kappa shape index (κ2) is 12.0. The Morgan fingerprint density at radius 3 is 2.59 bits per heavy atom. The van der Waals surface area contributed by atoms with Crippen LogP contribution in [0.2, 0.25) is 0 Å². The SMILES string of the molecule is CC1CN(C2COC2)CCN1c1ccc(Nc2cc(-c3ccnc(-n4ccn5c6c(cc5c4=O)CC(C)(C)C6)c3CO)cn(C)c2=O)nc1. The number of aliphatic hydroxyl groups is 1. The van der Waals surface area contributed by atoms with Crippen molar-refractivity contribution in [1.29, 1.82) is 0 Å². The summed E-state index contributed by atoms with van der Waals surface area (Å²) in [6.45, 7) is 10.9. The number of nitrogens with one attached hydrogen (secondary N) is 1. The molecule has 8 rings (SSSR count). The molecule has 254 valence electrons. The molecule has 1 aliphatic carbocycles. The normalized spacial score (nSPS) is 19.3. The van der Waals surface area contributed by atoms with Gasteiger partial charge in [0.1, 0.15) is 22.8 Å². The standard InChI is InChI=1S/C37H42N8O4/c1-23-18-42(27-21-49-22-27)9-10-43(23)26-5-6-33(39-17-26)40-30-13-25(19-41(4)35(30)47)28-7-8-38-34(29(28)20-46)45-12-11-44-31(36(45)48)14-24-15-37(2,3)16-32(24)44/h5-8,11-14,17,19,23,27,46H,9-10,15-16,18,20-22H2,1-4H3,(H,39,40). The van der Waals surface area contributed by atoms with E-state index in [9.17, 15) is 14.7 Å². The van der Waals surface area contributed by atoms with Gasteiger partial charge in [-0.25, -0.2) is 9.97 Å². The molecular formula is C37H42N8O4. The van der Waals surface area contributed by atoms with Crippen LogP contribution >= 0.6 is 0 Å². The van der Waals surface area contributed by atoms with Gasteiger partial charge in [-0.15, -0.1) is 0 Å². The van der Waals surface area contributed by atoms with Crippen LogP contribution in [0.1, 0.15) is 37.6 Å². The van der Waals surface area contributed by atoms with Crippen molar-refractivity contribution in [3.8, 4) is 16.9 Å². The molecule has 5 aromatic rings. The van der Waals surface area contributed by atoms with Crippen LogP contribution in [0.3, 0.4) is 0 Å². The Morgan fingerprint density at radius 2 is 1.88 bits per heavy atom. The van der Waals surface area contributed by atoms with Gasteiger partial charge in [-0.1, -0.05) is 13.8 Å². The minimum atomic E-state index is -0.350. The molecular weight excluding hydrogens is 620 g/mol. The quantitative estimate of drug-likeness (QED) is 0.270. The molecule has 2 saturated heterocycles. The van der Waals surface area contributed by atoms with Crippen LogP contribution in [0, 0.1) is 5.41 Å². The summed E-state index contributed by atoms with van der Waals surface area (Å²) in [5.41, 5.74) is 5.95. The maximum absolute atomic E-state index is 13.8. The first-order valence-electron chi connectivity index (χ1n) is 17.0. The number of nitrogens with zero attached hydrogens (tertiary/aromatic N) is 7. The lowest BCUT2D eigenvalue weighted by atomic mass is 9.90. The van der Waals surface area contributed by atoms with E-state index in [2.05, 4.69) is 45.9 Å². The smallest absolute Gasteiger partial charge is 0.280 e. The number of fused-ring (bicyclic) bond motifs is 3. The molecule has 5 aromatic heterocycles. The molecule has 2 aliphatic heterocycles. The first-order chi connectivity index (χ1) is 23.6. The summed E-state index contributed by atoms with van der Waals surface area (Å²) in [5, 5.41) is 13.9. The van der Waals surface area contributed by atoms with E-state index in [1.807, 2.05) is 35.0 Å². The summed E-state index contributed by atoms with van der Waals surface area (Å²) in [6, 6.07) is 10.4. The van der Waals surface area contributed by atoms with Crippen molar-refractivity contribution in [3.63, 3.8) is 0 Å². The Morgan fingerprint density at radius 1 is 1.04 bits per heavy atom. The van der Waals surface area contributed by atoms with Gasteiger partial charge in [0.05, 0.1) is 37.7 Å². The predicted octanol–water partition coefficient (Wildman–Crippen LogP) is 3.52. The van der Waals surface area contributed by atoms with Crippen molar-refractivity contribution < 1.29 is 9.84 Å². The monoisotopic (exact) mass is 662 g/mol. The zero-order valence-electron chi connectivity index (χ0n) is 28.4. The van der Waals surface area contributed by atoms with Gasteiger partial charge in [-0.2, -0.15) is 0 Å². The molecule has 0 saturated carbocycles. The molecule has 12 nitrogen and oxygen atoms in total. The van der Waals surface area contributed by atoms with E-state index in [1.165, 1.54) is 20.4 Å². The third kappa shape index (κ3) is 5.53. The number of hydrogen-bond donors (Lipinski definition) is 2. The Labute approximate surface area is 284 Å². The van der Waals surface area contributed by atoms with E-state index in [4.69, 9.17) is 4.74 Å². The molecule has 1 unspecified atom stereocenters. The highest BCUT2D eigenvalue weighted by Crippen LogP contribution is 2.37. The van der Waals surface area contributed by atoms with Crippen molar-refractivity contribution in [3.05, 3.63) is 98.8 Å². The largest absolute Gasteiger partial charge is 0.392 e. The third-order valence-electron chi connectivity index (χ3n) is 10.4. The summed E-state index contributed by atoms with van der Waals surface area (Å²) in [6.07, 6.45) is 10.7. The molecule has 0 spiro atoms. The molecule has 2 N–H and O–H groups in total. The summed E-state index contributed by atoms with van der Waals surface area (Å²) in [5.74, 6) is 0.905. The van der Waals surface area contributed by atoms with E-state index < -0.39 is 0 Å². The van der Waals surface area contributed by atoms with Crippen molar-refractivity contribution in [2.45, 2.75) is 52.3 Å². The van der Waals surface area contributed by atoms with E-state index in [-0.39, 0.29) is 23.1 Å². The Hall–Kier alpha value is -4.78. The summed E-state index contributed by atoms with van der Waals surface area (Å²) >= 11 is 0. The number of aryl methyl sites for hydroxylation is 1. The maximum Gasteiger partial charge on any atom is 0.280 e. The first-order valence-corrected chi connectivity index (χ1v) is 17.0. The van der Waals surface area contributed by atoms with E-state index in [0.717, 1.165) is 51.4 Å². The lowest BCUT2D eigenvalue weighted by Crippen LogP contribution is -2.59. The topological polar surface area (TPSA) is 122 Å². The highest BCUT2D eigenvalue weighted by atomic mass is 16.5. The van der Waals surface area contributed by atoms with Gasteiger partial charge >= 0.3 is 0 Å². The lowest BCUT2D eigenvalue weighted by molar-refractivity contribution is -0.0691. The Kier molecular flexibility index (Phi) is 7.69. The molecule has 2 fully saturated rings. The zero-order valence-corrected chi connectivity index (χ0v) is 28.4. The van der Waals surface area contributed by atoms with Crippen molar-refractivity contribution in [1.82, 2.24) is 28.4 Å². The third-order valence-corrected chi connectivity index (χ3v) is 10.4. The van der Waals surface area contributed by atoms with Gasteiger partial charge in [0.15, 0.2) is 0 Å². The number of pyridine rings is 3. The van der Waals surface area contributed by atoms with Crippen LogP contribution in [0.4, 0.5) is 17.2 Å². The van der Waals surface area contributed by atoms with Crippen LogP contribution in [0.25, 0.3) is 22.5 Å². The van der Waals surface area contributed by atoms with Gasteiger partial charge in [-0.3, -0.25) is 19.1 Å². The summed E-state index contributed by atoms with van der Waals surface area (Å²) in [4.78, 5) is 41.2. The van der Waals surface area contributed by atoms with Crippen LogP contribution in [0.5, 0.6) is 0 Å². The highest BCUT2D eigenvalue weighted by molar-refractivity contribution is 5.73. The number of rotatable bonds is 7. The summed E-state index contributed by atoms with van der Waals surface area (Å²) in [7, 11) is 1.69.